The second kappa shape index (κ2) is 6.06. The van der Waals surface area contributed by atoms with Crippen LogP contribution in [0, 0.1) is 0 Å². The van der Waals surface area contributed by atoms with Gasteiger partial charge >= 0.3 is 0 Å². The van der Waals surface area contributed by atoms with Crippen molar-refractivity contribution in [1.29, 1.82) is 0 Å². The van der Waals surface area contributed by atoms with Crippen molar-refractivity contribution in [3.63, 3.8) is 0 Å². The lowest BCUT2D eigenvalue weighted by Gasteiger charge is -2.25. The summed E-state index contributed by atoms with van der Waals surface area (Å²) in [5, 5.41) is 3.23. The zero-order valence-electron chi connectivity index (χ0n) is 12.0. The molecule has 1 N–H and O–H groups in total. The Hall–Kier alpha value is -1.87. The van der Waals surface area contributed by atoms with Crippen LogP contribution in [0.25, 0.3) is 0 Å². The van der Waals surface area contributed by atoms with Gasteiger partial charge in [0.1, 0.15) is 0 Å². The molecule has 0 unspecified atom stereocenters. The minimum atomic E-state index is 0.862. The van der Waals surface area contributed by atoms with Crippen LogP contribution in [0.2, 0.25) is 0 Å². The molecule has 0 atom stereocenters. The van der Waals surface area contributed by atoms with E-state index in [0.29, 0.717) is 0 Å². The van der Waals surface area contributed by atoms with Crippen molar-refractivity contribution in [2.75, 3.05) is 18.5 Å². The molecule has 0 aliphatic carbocycles. The van der Waals surface area contributed by atoms with Crippen molar-refractivity contribution >= 4 is 5.69 Å². The Labute approximate surface area is 120 Å². The molecule has 2 aromatic rings. The first kappa shape index (κ1) is 13.1. The van der Waals surface area contributed by atoms with Gasteiger partial charge in [-0.1, -0.05) is 24.3 Å². The molecule has 104 valence electrons. The van der Waals surface area contributed by atoms with Gasteiger partial charge in [0, 0.05) is 43.3 Å². The normalized spacial score (nSPS) is 14.8. The van der Waals surface area contributed by atoms with E-state index in [4.69, 9.17) is 0 Å². The van der Waals surface area contributed by atoms with Crippen LogP contribution in [-0.4, -0.2) is 18.6 Å². The van der Waals surface area contributed by atoms with Gasteiger partial charge in [0.25, 0.3) is 0 Å². The van der Waals surface area contributed by atoms with E-state index in [9.17, 15) is 0 Å². The van der Waals surface area contributed by atoms with Crippen LogP contribution in [-0.2, 0) is 19.5 Å². The van der Waals surface area contributed by atoms with Crippen LogP contribution < -0.4 is 10.2 Å². The van der Waals surface area contributed by atoms with Gasteiger partial charge in [-0.2, -0.15) is 0 Å². The second-order valence-electron chi connectivity index (χ2n) is 5.33. The predicted octanol–water partition coefficient (Wildman–Crippen LogP) is 2.75. The van der Waals surface area contributed by atoms with Gasteiger partial charge in [0.05, 0.1) is 0 Å². The summed E-state index contributed by atoms with van der Waals surface area (Å²) in [7, 11) is 1.98. The van der Waals surface area contributed by atoms with Gasteiger partial charge in [-0.15, -0.1) is 0 Å². The number of fused-ring (bicyclic) bond motifs is 1. The second-order valence-corrected chi connectivity index (χ2v) is 5.33. The molecule has 3 heteroatoms. The number of aryl methyl sites for hydroxylation is 1. The quantitative estimate of drug-likeness (QED) is 0.927. The molecule has 1 aromatic heterocycles. The van der Waals surface area contributed by atoms with Crippen molar-refractivity contribution in [3.8, 4) is 0 Å². The summed E-state index contributed by atoms with van der Waals surface area (Å²) in [5.74, 6) is 0. The summed E-state index contributed by atoms with van der Waals surface area (Å²) in [6.07, 6.45) is 6.26. The smallest absolute Gasteiger partial charge is 0.0445 e. The van der Waals surface area contributed by atoms with Crippen molar-refractivity contribution in [1.82, 2.24) is 10.3 Å². The molecule has 0 spiro atoms. The molecule has 1 aliphatic heterocycles. The van der Waals surface area contributed by atoms with Crippen molar-refractivity contribution in [2.24, 2.45) is 0 Å². The number of hydrogen-bond acceptors (Lipinski definition) is 3. The molecular formula is C17H21N3. The highest BCUT2D eigenvalue weighted by atomic mass is 15.1. The Morgan fingerprint density at radius 3 is 2.90 bits per heavy atom. The van der Waals surface area contributed by atoms with Crippen LogP contribution in [0.5, 0.6) is 0 Å². The summed E-state index contributed by atoms with van der Waals surface area (Å²) in [6.45, 7) is 2.97. The number of aromatic nitrogens is 1. The zero-order valence-corrected chi connectivity index (χ0v) is 12.0. The maximum atomic E-state index is 4.26. The highest BCUT2D eigenvalue weighted by molar-refractivity contribution is 5.53. The lowest BCUT2D eigenvalue weighted by Crippen LogP contribution is -2.24. The summed E-state index contributed by atoms with van der Waals surface area (Å²) < 4.78 is 0. The summed E-state index contributed by atoms with van der Waals surface area (Å²) in [5.41, 5.74) is 5.54. The molecule has 0 saturated carbocycles. The Bertz CT molecular complexity index is 580. The summed E-state index contributed by atoms with van der Waals surface area (Å²) >= 11 is 0. The van der Waals surface area contributed by atoms with Crippen molar-refractivity contribution in [2.45, 2.75) is 25.9 Å². The van der Waals surface area contributed by atoms with Crippen LogP contribution >= 0.6 is 0 Å². The third kappa shape index (κ3) is 2.68. The number of nitrogens with one attached hydrogen (secondary N) is 1. The van der Waals surface area contributed by atoms with Gasteiger partial charge in [-0.25, -0.2) is 0 Å². The van der Waals surface area contributed by atoms with Crippen molar-refractivity contribution < 1.29 is 0 Å². The van der Waals surface area contributed by atoms with Crippen molar-refractivity contribution in [3.05, 3.63) is 59.4 Å². The Morgan fingerprint density at radius 2 is 2.05 bits per heavy atom. The molecule has 0 amide bonds. The van der Waals surface area contributed by atoms with Crippen LogP contribution in [0.15, 0.2) is 42.7 Å². The molecule has 3 rings (SSSR count). The molecule has 0 bridgehead atoms. The monoisotopic (exact) mass is 267 g/mol. The summed E-state index contributed by atoms with van der Waals surface area (Å²) in [4.78, 5) is 6.75. The number of nitrogens with zero attached hydrogens (tertiary/aromatic N) is 2. The highest BCUT2D eigenvalue weighted by Gasteiger charge is 2.16. The Morgan fingerprint density at radius 1 is 1.20 bits per heavy atom. The van der Waals surface area contributed by atoms with Crippen LogP contribution in [0.3, 0.4) is 0 Å². The number of rotatable bonds is 3. The zero-order chi connectivity index (χ0) is 13.8. The fourth-order valence-electron chi connectivity index (χ4n) is 2.96. The summed E-state index contributed by atoms with van der Waals surface area (Å²) in [6, 6.07) is 10.9. The molecule has 2 heterocycles. The topological polar surface area (TPSA) is 28.2 Å². The molecule has 1 aliphatic rings. The molecule has 0 saturated heterocycles. The number of anilines is 1. The third-order valence-corrected chi connectivity index (χ3v) is 3.94. The van der Waals surface area contributed by atoms with Gasteiger partial charge in [0.2, 0.25) is 0 Å². The standard InChI is InChI=1S/C17H21N3/c1-18-11-16-12-19-9-8-17(16)20-10-4-7-14-5-2-3-6-15(14)13-20/h2-3,5-6,8-9,12,18H,4,7,10-11,13H2,1H3. The number of pyridine rings is 1. The lowest BCUT2D eigenvalue weighted by molar-refractivity contribution is 0.746. The number of hydrogen-bond donors (Lipinski definition) is 1. The van der Waals surface area contributed by atoms with E-state index in [2.05, 4.69) is 45.5 Å². The first-order valence-corrected chi connectivity index (χ1v) is 7.27. The predicted molar refractivity (Wildman–Crippen MR) is 82.8 cm³/mol. The van der Waals surface area contributed by atoms with E-state index in [-0.39, 0.29) is 0 Å². The first-order valence-electron chi connectivity index (χ1n) is 7.27. The minimum absolute atomic E-state index is 0.862. The molecule has 3 nitrogen and oxygen atoms in total. The van der Waals surface area contributed by atoms with Gasteiger partial charge < -0.3 is 10.2 Å². The Kier molecular flexibility index (Phi) is 3.97. The van der Waals surface area contributed by atoms with Crippen LogP contribution in [0.4, 0.5) is 5.69 Å². The third-order valence-electron chi connectivity index (χ3n) is 3.94. The molecule has 0 radical (unpaired) electrons. The van der Waals surface area contributed by atoms with E-state index >= 15 is 0 Å². The first-order chi connectivity index (χ1) is 9.88. The molecule has 20 heavy (non-hydrogen) atoms. The van der Waals surface area contributed by atoms with Gasteiger partial charge in [-0.3, -0.25) is 4.98 Å². The average Bonchev–Trinajstić information content (AvgIpc) is 2.70. The fraction of sp³-hybridized carbons (Fsp3) is 0.353. The van der Waals surface area contributed by atoms with E-state index < -0.39 is 0 Å². The largest absolute Gasteiger partial charge is 0.367 e. The van der Waals surface area contributed by atoms with E-state index in [1.54, 1.807) is 0 Å². The minimum Gasteiger partial charge on any atom is -0.367 e. The van der Waals surface area contributed by atoms with E-state index in [1.807, 2.05) is 19.4 Å². The van der Waals surface area contributed by atoms with E-state index in [1.165, 1.54) is 35.2 Å². The lowest BCUT2D eigenvalue weighted by atomic mass is 10.0. The maximum Gasteiger partial charge on any atom is 0.0445 e. The van der Waals surface area contributed by atoms with Crippen LogP contribution in [0.1, 0.15) is 23.1 Å². The molecule has 0 fully saturated rings. The average molecular weight is 267 g/mol. The SMILES string of the molecule is CNCc1cnccc1N1CCCc2ccccc2C1. The van der Waals surface area contributed by atoms with Gasteiger partial charge in [0.15, 0.2) is 0 Å². The number of benzene rings is 1. The Balaban J connectivity index is 1.91. The molecule has 1 aromatic carbocycles. The van der Waals surface area contributed by atoms with E-state index in [0.717, 1.165) is 19.6 Å². The fourth-order valence-corrected chi connectivity index (χ4v) is 2.96. The molecular weight excluding hydrogens is 246 g/mol. The maximum absolute atomic E-state index is 4.26. The highest BCUT2D eigenvalue weighted by Crippen LogP contribution is 2.26. The van der Waals surface area contributed by atoms with Gasteiger partial charge in [-0.05, 0) is 37.1 Å².